The van der Waals surface area contributed by atoms with Crippen LogP contribution < -0.4 is 10.6 Å². The Morgan fingerprint density at radius 1 is 1.53 bits per heavy atom. The number of carbonyl (C=O) groups is 1. The van der Waals surface area contributed by atoms with E-state index in [1.54, 1.807) is 0 Å². The average Bonchev–Trinajstić information content (AvgIpc) is 2.11. The van der Waals surface area contributed by atoms with Gasteiger partial charge >= 0.3 is 0 Å². The highest BCUT2D eigenvalue weighted by Gasteiger charge is 2.19. The van der Waals surface area contributed by atoms with Gasteiger partial charge in [0.1, 0.15) is 0 Å². The predicted molar refractivity (Wildman–Crippen MR) is 63.7 cm³/mol. The van der Waals surface area contributed by atoms with E-state index < -0.39 is 0 Å². The van der Waals surface area contributed by atoms with Crippen LogP contribution in [0.5, 0.6) is 0 Å². The van der Waals surface area contributed by atoms with E-state index in [1.165, 1.54) is 0 Å². The van der Waals surface area contributed by atoms with Crippen LogP contribution in [0.15, 0.2) is 28.7 Å². The van der Waals surface area contributed by atoms with Crippen molar-refractivity contribution in [3.8, 4) is 0 Å². The molecule has 0 unspecified atom stereocenters. The zero-order valence-corrected chi connectivity index (χ0v) is 9.88. The lowest BCUT2D eigenvalue weighted by Gasteiger charge is -2.26. The van der Waals surface area contributed by atoms with E-state index in [1.807, 2.05) is 24.3 Å². The first-order chi connectivity index (χ1) is 7.24. The van der Waals surface area contributed by atoms with E-state index in [9.17, 15) is 4.79 Å². The second kappa shape index (κ2) is 4.77. The molecule has 0 radical (unpaired) electrons. The largest absolute Gasteiger partial charge is 0.326 e. The maximum absolute atomic E-state index is 11.6. The summed E-state index contributed by atoms with van der Waals surface area (Å²) in [6.07, 6.45) is 0.611. The first kappa shape index (κ1) is 10.6. The van der Waals surface area contributed by atoms with Crippen LogP contribution >= 0.6 is 15.9 Å². The van der Waals surface area contributed by atoms with Gasteiger partial charge in [0.25, 0.3) is 0 Å². The summed E-state index contributed by atoms with van der Waals surface area (Å²) in [4.78, 5) is 11.6. The summed E-state index contributed by atoms with van der Waals surface area (Å²) >= 11 is 3.37. The van der Waals surface area contributed by atoms with Crippen molar-refractivity contribution in [1.29, 1.82) is 0 Å². The summed E-state index contributed by atoms with van der Waals surface area (Å²) in [7, 11) is 0. The SMILES string of the molecule is O=C(CC1CNC1)Nc1cccc(Br)c1. The molecular weight excluding hydrogens is 256 g/mol. The summed E-state index contributed by atoms with van der Waals surface area (Å²) < 4.78 is 0.977. The smallest absolute Gasteiger partial charge is 0.224 e. The number of anilines is 1. The standard InChI is InChI=1S/C11H13BrN2O/c12-9-2-1-3-10(5-9)14-11(15)4-8-6-13-7-8/h1-3,5,8,13H,4,6-7H2,(H,14,15). The number of rotatable bonds is 3. The lowest BCUT2D eigenvalue weighted by atomic mass is 9.99. The van der Waals surface area contributed by atoms with Crippen LogP contribution in [-0.2, 0) is 4.79 Å². The van der Waals surface area contributed by atoms with Crippen LogP contribution in [0.1, 0.15) is 6.42 Å². The maximum Gasteiger partial charge on any atom is 0.224 e. The summed E-state index contributed by atoms with van der Waals surface area (Å²) in [5.41, 5.74) is 0.849. The van der Waals surface area contributed by atoms with Gasteiger partial charge in [-0.05, 0) is 37.2 Å². The molecule has 1 saturated heterocycles. The first-order valence-electron chi connectivity index (χ1n) is 5.00. The van der Waals surface area contributed by atoms with Gasteiger partial charge in [-0.25, -0.2) is 0 Å². The Morgan fingerprint density at radius 2 is 2.33 bits per heavy atom. The van der Waals surface area contributed by atoms with Crippen LogP contribution in [0.3, 0.4) is 0 Å². The molecule has 1 amide bonds. The number of nitrogens with one attached hydrogen (secondary N) is 2. The molecule has 0 saturated carbocycles. The van der Waals surface area contributed by atoms with Gasteiger partial charge in [0.05, 0.1) is 0 Å². The first-order valence-corrected chi connectivity index (χ1v) is 5.79. The van der Waals surface area contributed by atoms with Crippen molar-refractivity contribution in [1.82, 2.24) is 5.32 Å². The molecule has 2 rings (SSSR count). The Hall–Kier alpha value is -0.870. The van der Waals surface area contributed by atoms with Crippen molar-refractivity contribution in [3.63, 3.8) is 0 Å². The van der Waals surface area contributed by atoms with Crippen LogP contribution in [0.25, 0.3) is 0 Å². The topological polar surface area (TPSA) is 41.1 Å². The molecule has 1 aliphatic heterocycles. The molecule has 0 spiro atoms. The van der Waals surface area contributed by atoms with Gasteiger partial charge in [0, 0.05) is 16.6 Å². The van der Waals surface area contributed by atoms with E-state index in [4.69, 9.17) is 0 Å². The highest BCUT2D eigenvalue weighted by atomic mass is 79.9. The van der Waals surface area contributed by atoms with E-state index in [0.29, 0.717) is 12.3 Å². The number of halogens is 1. The minimum atomic E-state index is 0.0969. The van der Waals surface area contributed by atoms with Crippen LogP contribution in [0.2, 0.25) is 0 Å². The highest BCUT2D eigenvalue weighted by Crippen LogP contribution is 2.16. The third-order valence-corrected chi connectivity index (χ3v) is 2.94. The molecule has 1 aromatic carbocycles. The van der Waals surface area contributed by atoms with Crippen LogP contribution in [0, 0.1) is 5.92 Å². The van der Waals surface area contributed by atoms with E-state index in [-0.39, 0.29) is 5.91 Å². The lowest BCUT2D eigenvalue weighted by molar-refractivity contribution is -0.117. The van der Waals surface area contributed by atoms with Crippen molar-refractivity contribution < 1.29 is 4.79 Å². The summed E-state index contributed by atoms with van der Waals surface area (Å²) in [6, 6.07) is 7.63. The Balaban J connectivity index is 1.87. The molecule has 4 heteroatoms. The minimum Gasteiger partial charge on any atom is -0.326 e. The van der Waals surface area contributed by atoms with Gasteiger partial charge in [0.15, 0.2) is 0 Å². The van der Waals surface area contributed by atoms with Crippen molar-refractivity contribution in [2.45, 2.75) is 6.42 Å². The summed E-state index contributed by atoms with van der Waals surface area (Å²) in [6.45, 7) is 1.93. The van der Waals surface area contributed by atoms with Crippen molar-refractivity contribution in [3.05, 3.63) is 28.7 Å². The molecule has 1 aliphatic rings. The van der Waals surface area contributed by atoms with E-state index in [0.717, 1.165) is 23.2 Å². The molecule has 0 bridgehead atoms. The molecule has 0 aliphatic carbocycles. The fourth-order valence-electron chi connectivity index (χ4n) is 1.53. The predicted octanol–water partition coefficient (Wildman–Crippen LogP) is 2.00. The Labute approximate surface area is 97.4 Å². The van der Waals surface area contributed by atoms with Gasteiger partial charge < -0.3 is 10.6 Å². The molecule has 15 heavy (non-hydrogen) atoms. The molecule has 1 fully saturated rings. The third-order valence-electron chi connectivity index (χ3n) is 2.45. The van der Waals surface area contributed by atoms with Crippen molar-refractivity contribution >= 4 is 27.5 Å². The maximum atomic E-state index is 11.6. The van der Waals surface area contributed by atoms with Crippen LogP contribution in [0.4, 0.5) is 5.69 Å². The second-order valence-electron chi connectivity index (χ2n) is 3.79. The van der Waals surface area contributed by atoms with Gasteiger partial charge in [-0.2, -0.15) is 0 Å². The number of hydrogen-bond acceptors (Lipinski definition) is 2. The number of amides is 1. The van der Waals surface area contributed by atoms with Gasteiger partial charge in [0.2, 0.25) is 5.91 Å². The lowest BCUT2D eigenvalue weighted by Crippen LogP contribution is -2.43. The van der Waals surface area contributed by atoms with Crippen molar-refractivity contribution in [2.75, 3.05) is 18.4 Å². The van der Waals surface area contributed by atoms with Gasteiger partial charge in [-0.15, -0.1) is 0 Å². The fourth-order valence-corrected chi connectivity index (χ4v) is 1.93. The quantitative estimate of drug-likeness (QED) is 0.881. The molecular formula is C11H13BrN2O. The van der Waals surface area contributed by atoms with Crippen LogP contribution in [-0.4, -0.2) is 19.0 Å². The zero-order valence-electron chi connectivity index (χ0n) is 8.29. The minimum absolute atomic E-state index is 0.0969. The second-order valence-corrected chi connectivity index (χ2v) is 4.70. The molecule has 0 atom stereocenters. The van der Waals surface area contributed by atoms with Crippen molar-refractivity contribution in [2.24, 2.45) is 5.92 Å². The molecule has 1 heterocycles. The van der Waals surface area contributed by atoms with Gasteiger partial charge in [-0.3, -0.25) is 4.79 Å². The van der Waals surface area contributed by atoms with E-state index >= 15 is 0 Å². The normalized spacial score (nSPS) is 15.8. The number of benzene rings is 1. The molecule has 1 aromatic rings. The Bertz CT molecular complexity index is 363. The third kappa shape index (κ3) is 3.04. The molecule has 0 aromatic heterocycles. The number of hydrogen-bond donors (Lipinski definition) is 2. The average molecular weight is 269 g/mol. The monoisotopic (exact) mass is 268 g/mol. The van der Waals surface area contributed by atoms with Gasteiger partial charge in [-0.1, -0.05) is 22.0 Å². The molecule has 2 N–H and O–H groups in total. The zero-order chi connectivity index (χ0) is 10.7. The van der Waals surface area contributed by atoms with E-state index in [2.05, 4.69) is 26.6 Å². The summed E-state index contributed by atoms with van der Waals surface area (Å²) in [5, 5.41) is 6.04. The summed E-state index contributed by atoms with van der Waals surface area (Å²) in [5.74, 6) is 0.608. The fraction of sp³-hybridized carbons (Fsp3) is 0.364. The molecule has 80 valence electrons. The highest BCUT2D eigenvalue weighted by molar-refractivity contribution is 9.10. The Kier molecular flexibility index (Phi) is 3.38. The number of carbonyl (C=O) groups excluding carboxylic acids is 1. The Morgan fingerprint density at radius 3 is 2.93 bits per heavy atom. The molecule has 3 nitrogen and oxygen atoms in total.